The Morgan fingerprint density at radius 2 is 1.81 bits per heavy atom. The van der Waals surface area contributed by atoms with E-state index in [9.17, 15) is 9.59 Å². The lowest BCUT2D eigenvalue weighted by Gasteiger charge is -2.50. The van der Waals surface area contributed by atoms with Crippen LogP contribution in [0.4, 0.5) is 5.13 Å². The van der Waals surface area contributed by atoms with Crippen LogP contribution in [-0.4, -0.2) is 71.1 Å². The number of hydrogen-bond donors (Lipinski definition) is 2. The van der Waals surface area contributed by atoms with Crippen LogP contribution in [0.5, 0.6) is 0 Å². The number of oxime groups is 1. The van der Waals surface area contributed by atoms with Crippen molar-refractivity contribution in [1.29, 1.82) is 0 Å². The number of thiocarbonyl (C=S) groups is 1. The van der Waals surface area contributed by atoms with Gasteiger partial charge < -0.3 is 20.6 Å². The third kappa shape index (κ3) is 5.95. The van der Waals surface area contributed by atoms with Gasteiger partial charge >= 0.3 is 0 Å². The van der Waals surface area contributed by atoms with E-state index in [1.54, 1.807) is 11.1 Å². The number of thioether (sulfide) groups is 1. The molecule has 2 aliphatic heterocycles. The molecule has 2 atom stereocenters. The molecule has 0 bridgehead atoms. The first-order chi connectivity index (χ1) is 22.9. The largest absolute Gasteiger partial charge is 0.469 e. The summed E-state index contributed by atoms with van der Waals surface area (Å²) < 4.78 is 10.7. The maximum atomic E-state index is 13.9. The Hall–Kier alpha value is -4.77. The molecule has 236 valence electrons. The van der Waals surface area contributed by atoms with E-state index < -0.39 is 23.4 Å². The number of carbonyl (C=O) groups excluding carboxylic acids is 2. The maximum Gasteiger partial charge on any atom is 0.278 e. The molecule has 7 rings (SSSR count). The molecule has 16 heteroatoms. The van der Waals surface area contributed by atoms with E-state index >= 15 is 0 Å². The van der Waals surface area contributed by atoms with Gasteiger partial charge in [-0.05, 0) is 35.5 Å². The van der Waals surface area contributed by atoms with Crippen LogP contribution in [0.1, 0.15) is 28.1 Å². The van der Waals surface area contributed by atoms with Crippen LogP contribution in [0.25, 0.3) is 15.9 Å². The molecular weight excluding hydrogens is 677 g/mol. The number of ether oxygens (including phenoxy) is 1. The van der Waals surface area contributed by atoms with Gasteiger partial charge in [-0.2, -0.15) is 9.36 Å². The summed E-state index contributed by atoms with van der Waals surface area (Å²) in [6.45, 7) is 0. The Labute approximate surface area is 285 Å². The van der Waals surface area contributed by atoms with Gasteiger partial charge in [0.15, 0.2) is 5.13 Å². The summed E-state index contributed by atoms with van der Waals surface area (Å²) in [5, 5.41) is 7.07. The highest BCUT2D eigenvalue weighted by Gasteiger charge is 2.54. The van der Waals surface area contributed by atoms with Crippen molar-refractivity contribution in [2.75, 3.05) is 18.6 Å². The number of rotatable bonds is 9. The molecule has 0 radical (unpaired) electrons. The Balaban J connectivity index is 1.24. The molecule has 1 saturated heterocycles. The van der Waals surface area contributed by atoms with Crippen LogP contribution in [0.2, 0.25) is 0 Å². The molecule has 2 amide bonds. The van der Waals surface area contributed by atoms with Crippen molar-refractivity contribution >= 4 is 90.5 Å². The third-order valence-electron chi connectivity index (χ3n) is 7.35. The van der Waals surface area contributed by atoms with E-state index in [-0.39, 0.29) is 27.6 Å². The molecule has 12 nitrogen and oxygen atoms in total. The van der Waals surface area contributed by atoms with Gasteiger partial charge in [0, 0.05) is 29.1 Å². The predicted octanol–water partition coefficient (Wildman–Crippen LogP) is 4.42. The van der Waals surface area contributed by atoms with Crippen molar-refractivity contribution in [3.63, 3.8) is 0 Å². The maximum absolute atomic E-state index is 13.9. The fraction of sp³-hybridized carbons (Fsp3) is 0.161. The minimum absolute atomic E-state index is 0.00142. The minimum Gasteiger partial charge on any atom is -0.469 e. The van der Waals surface area contributed by atoms with Crippen LogP contribution in [0.3, 0.4) is 0 Å². The number of amides is 2. The van der Waals surface area contributed by atoms with Crippen molar-refractivity contribution in [3.05, 3.63) is 107 Å². The number of β-lactam (4-membered cyclic amide) rings is 1. The molecule has 0 spiro atoms. The highest BCUT2D eigenvalue weighted by Crippen LogP contribution is 2.45. The number of hydrogen-bond acceptors (Lipinski definition) is 14. The first-order valence-corrected chi connectivity index (χ1v) is 17.2. The molecule has 0 aliphatic carbocycles. The summed E-state index contributed by atoms with van der Waals surface area (Å²) in [4.78, 5) is 47.8. The van der Waals surface area contributed by atoms with Crippen LogP contribution < -0.4 is 11.1 Å². The third-order valence-corrected chi connectivity index (χ3v) is 10.5. The van der Waals surface area contributed by atoms with E-state index in [0.717, 1.165) is 38.6 Å². The van der Waals surface area contributed by atoms with E-state index in [1.807, 2.05) is 72.8 Å². The summed E-state index contributed by atoms with van der Waals surface area (Å²) in [5.41, 5.74) is 9.25. The number of benzene rings is 2. The first-order valence-electron chi connectivity index (χ1n) is 14.1. The normalized spacial score (nSPS) is 17.8. The van der Waals surface area contributed by atoms with Crippen molar-refractivity contribution in [2.45, 2.75) is 17.5 Å². The van der Waals surface area contributed by atoms with Gasteiger partial charge in [0.2, 0.25) is 16.6 Å². The SMILES string of the molecule is CO/N=C(\C(=O)NC1C(=O)N2C(C(=S)OC(c3ccccc3)c3ccccc3)=C(c3nc4cccnc4s3)CS[C@H]12)c1nsc(N)n1. The van der Waals surface area contributed by atoms with Crippen LogP contribution >= 0.6 is 46.8 Å². The zero-order chi connectivity index (χ0) is 32.5. The van der Waals surface area contributed by atoms with Gasteiger partial charge in [0.05, 0.1) is 0 Å². The molecule has 5 heterocycles. The number of thiazole rings is 1. The monoisotopic (exact) mass is 700 g/mol. The standard InChI is InChI=1S/C31H24N8O4S4/c1-42-37-20(24-36-31(32)47-38-24)25(40)35-21-28(41)39-22(18(15-45-29(21)39)26-34-19-13-8-14-33-27(19)46-26)30(44)43-23(16-9-4-2-5-10-16)17-11-6-3-7-12-17/h2-14,21,23,29H,15H2,1H3,(H,35,40)(H2,32,36,38)/b37-20-/t21?,29-/m1/s1. The molecule has 1 unspecified atom stereocenters. The smallest absolute Gasteiger partial charge is 0.278 e. The number of aromatic nitrogens is 4. The Bertz CT molecular complexity index is 1980. The molecule has 0 saturated carbocycles. The topological polar surface area (TPSA) is 158 Å². The highest BCUT2D eigenvalue weighted by atomic mass is 32.2. The van der Waals surface area contributed by atoms with Crippen LogP contribution in [-0.2, 0) is 19.2 Å². The average molecular weight is 701 g/mol. The van der Waals surface area contributed by atoms with Gasteiger partial charge in [0.25, 0.3) is 11.8 Å². The van der Waals surface area contributed by atoms with Crippen molar-refractivity contribution in [2.24, 2.45) is 5.16 Å². The second-order valence-corrected chi connectivity index (χ2v) is 13.5. The first kappa shape index (κ1) is 30.9. The molecule has 5 aromatic rings. The van der Waals surface area contributed by atoms with Gasteiger partial charge in [-0.25, -0.2) is 9.97 Å². The number of anilines is 1. The summed E-state index contributed by atoms with van der Waals surface area (Å²) in [7, 11) is 1.30. The zero-order valence-electron chi connectivity index (χ0n) is 24.5. The fourth-order valence-corrected chi connectivity index (χ4v) is 8.38. The summed E-state index contributed by atoms with van der Waals surface area (Å²) in [5.74, 6) is -0.596. The molecule has 3 N–H and O–H groups in total. The Kier molecular flexibility index (Phi) is 8.64. The second-order valence-electron chi connectivity index (χ2n) is 10.2. The van der Waals surface area contributed by atoms with Gasteiger partial charge in [0.1, 0.15) is 45.7 Å². The molecule has 47 heavy (non-hydrogen) atoms. The lowest BCUT2D eigenvalue weighted by Crippen LogP contribution is -2.71. The zero-order valence-corrected chi connectivity index (χ0v) is 27.7. The highest BCUT2D eigenvalue weighted by molar-refractivity contribution is 8.00. The van der Waals surface area contributed by atoms with E-state index in [0.29, 0.717) is 16.5 Å². The average Bonchev–Trinajstić information content (AvgIpc) is 3.74. The van der Waals surface area contributed by atoms with Crippen molar-refractivity contribution < 1.29 is 19.2 Å². The van der Waals surface area contributed by atoms with Crippen molar-refractivity contribution in [1.82, 2.24) is 29.5 Å². The summed E-state index contributed by atoms with van der Waals surface area (Å²) in [6.07, 6.45) is 1.17. The second kappa shape index (κ2) is 13.2. The van der Waals surface area contributed by atoms with Gasteiger partial charge in [-0.15, -0.1) is 11.8 Å². The lowest BCUT2D eigenvalue weighted by molar-refractivity contribution is -0.144. The number of fused-ring (bicyclic) bond motifs is 2. The summed E-state index contributed by atoms with van der Waals surface area (Å²) in [6, 6.07) is 22.3. The number of nitrogens with zero attached hydrogens (tertiary/aromatic N) is 6. The molecule has 1 fully saturated rings. The Morgan fingerprint density at radius 1 is 1.09 bits per heavy atom. The van der Waals surface area contributed by atoms with E-state index in [1.165, 1.54) is 30.2 Å². The van der Waals surface area contributed by atoms with E-state index in [2.05, 4.69) is 24.8 Å². The van der Waals surface area contributed by atoms with Crippen LogP contribution in [0, 0.1) is 0 Å². The van der Waals surface area contributed by atoms with E-state index in [4.69, 9.17) is 32.5 Å². The van der Waals surface area contributed by atoms with Crippen molar-refractivity contribution in [3.8, 4) is 0 Å². The van der Waals surface area contributed by atoms with Crippen LogP contribution in [0.15, 0.2) is 89.8 Å². The molecule has 2 aromatic carbocycles. The fourth-order valence-electron chi connectivity index (χ4n) is 5.23. The van der Waals surface area contributed by atoms with Gasteiger partial charge in [-0.3, -0.25) is 14.5 Å². The summed E-state index contributed by atoms with van der Waals surface area (Å²) >= 11 is 9.83. The minimum atomic E-state index is -0.888. The quantitative estimate of drug-likeness (QED) is 0.0971. The lowest BCUT2D eigenvalue weighted by atomic mass is 10.0. The molecular formula is C31H24N8O4S4. The number of pyridine rings is 1. The van der Waals surface area contributed by atoms with Gasteiger partial charge in [-0.1, -0.05) is 77.2 Å². The predicted molar refractivity (Wildman–Crippen MR) is 186 cm³/mol. The number of nitrogens with one attached hydrogen (secondary N) is 1. The Morgan fingerprint density at radius 3 is 2.45 bits per heavy atom. The number of nitrogens with two attached hydrogens (primary N) is 1. The molecule has 3 aromatic heterocycles. The molecule has 2 aliphatic rings. The number of nitrogen functional groups attached to an aromatic ring is 1. The number of carbonyl (C=O) groups is 2.